The van der Waals surface area contributed by atoms with Crippen molar-refractivity contribution in [1.29, 1.82) is 0 Å². The van der Waals surface area contributed by atoms with Crippen molar-refractivity contribution in [2.45, 2.75) is 38.8 Å². The topological polar surface area (TPSA) is 15.3 Å². The number of nitrogens with zero attached hydrogens (tertiary/aromatic N) is 1. The van der Waals surface area contributed by atoms with Crippen molar-refractivity contribution >= 4 is 0 Å². The zero-order valence-corrected chi connectivity index (χ0v) is 8.92. The Morgan fingerprint density at radius 2 is 2.38 bits per heavy atom. The molecule has 1 aliphatic heterocycles. The highest BCUT2D eigenvalue weighted by atomic mass is 15.2. The third kappa shape index (κ3) is 3.12. The predicted octanol–water partition coefficient (Wildman–Crippen LogP) is 1.63. The largest absolute Gasteiger partial charge is 0.314 e. The van der Waals surface area contributed by atoms with E-state index >= 15 is 0 Å². The van der Waals surface area contributed by atoms with Crippen molar-refractivity contribution in [1.82, 2.24) is 10.2 Å². The van der Waals surface area contributed by atoms with Crippen molar-refractivity contribution in [3.05, 3.63) is 12.7 Å². The minimum Gasteiger partial charge on any atom is -0.314 e. The summed E-state index contributed by atoms with van der Waals surface area (Å²) in [4.78, 5) is 2.50. The van der Waals surface area contributed by atoms with Crippen LogP contribution < -0.4 is 5.32 Å². The molecule has 2 heteroatoms. The molecular weight excluding hydrogens is 160 g/mol. The summed E-state index contributed by atoms with van der Waals surface area (Å²) in [6.45, 7) is 11.6. The van der Waals surface area contributed by atoms with Crippen molar-refractivity contribution in [3.63, 3.8) is 0 Å². The second kappa shape index (κ2) is 5.40. The fourth-order valence-corrected chi connectivity index (χ4v) is 2.13. The molecule has 1 heterocycles. The average molecular weight is 182 g/mol. The highest BCUT2D eigenvalue weighted by molar-refractivity contribution is 4.86. The number of hydrogen-bond donors (Lipinski definition) is 1. The average Bonchev–Trinajstić information content (AvgIpc) is 2.10. The fraction of sp³-hybridized carbons (Fsp3) is 0.818. The molecule has 0 bridgehead atoms. The third-order valence-electron chi connectivity index (χ3n) is 2.87. The molecule has 1 fully saturated rings. The molecule has 0 aromatic carbocycles. The van der Waals surface area contributed by atoms with E-state index in [4.69, 9.17) is 0 Å². The van der Waals surface area contributed by atoms with Crippen LogP contribution in [0.15, 0.2) is 12.7 Å². The van der Waals surface area contributed by atoms with Crippen molar-refractivity contribution in [2.75, 3.05) is 19.6 Å². The Morgan fingerprint density at radius 3 is 2.92 bits per heavy atom. The first-order valence-electron chi connectivity index (χ1n) is 5.36. The van der Waals surface area contributed by atoms with Crippen LogP contribution in [0.3, 0.4) is 0 Å². The standard InChI is InChI=1S/C11H22N2/c1-4-7-13-8-6-11(12-5-2)9-10(13)3/h4,10-12H,1,5-9H2,2-3H3. The van der Waals surface area contributed by atoms with E-state index in [0.717, 1.165) is 19.1 Å². The minimum absolute atomic E-state index is 0.704. The van der Waals surface area contributed by atoms with Crippen LogP contribution in [0.2, 0.25) is 0 Å². The number of nitrogens with one attached hydrogen (secondary N) is 1. The van der Waals surface area contributed by atoms with Crippen LogP contribution in [0.1, 0.15) is 26.7 Å². The molecule has 0 aliphatic carbocycles. The van der Waals surface area contributed by atoms with Gasteiger partial charge in [0.1, 0.15) is 0 Å². The van der Waals surface area contributed by atoms with Gasteiger partial charge in [-0.1, -0.05) is 13.0 Å². The normalized spacial score (nSPS) is 30.3. The number of likely N-dealkylation sites (tertiary alicyclic amines) is 1. The number of hydrogen-bond acceptors (Lipinski definition) is 2. The van der Waals surface area contributed by atoms with Crippen LogP contribution >= 0.6 is 0 Å². The van der Waals surface area contributed by atoms with E-state index in [1.165, 1.54) is 19.4 Å². The molecule has 0 saturated carbocycles. The summed E-state index contributed by atoms with van der Waals surface area (Å²) < 4.78 is 0. The Hall–Kier alpha value is -0.340. The van der Waals surface area contributed by atoms with E-state index in [-0.39, 0.29) is 0 Å². The Kier molecular flexibility index (Phi) is 4.46. The maximum atomic E-state index is 3.79. The summed E-state index contributed by atoms with van der Waals surface area (Å²) in [5, 5.41) is 3.53. The number of piperidine rings is 1. The summed E-state index contributed by atoms with van der Waals surface area (Å²) in [7, 11) is 0. The smallest absolute Gasteiger partial charge is 0.0163 e. The highest BCUT2D eigenvalue weighted by Gasteiger charge is 2.23. The van der Waals surface area contributed by atoms with Gasteiger partial charge in [0, 0.05) is 25.2 Å². The van der Waals surface area contributed by atoms with E-state index < -0.39 is 0 Å². The second-order valence-electron chi connectivity index (χ2n) is 3.91. The summed E-state index contributed by atoms with van der Waals surface area (Å²) in [5.41, 5.74) is 0. The van der Waals surface area contributed by atoms with E-state index in [2.05, 4.69) is 30.6 Å². The van der Waals surface area contributed by atoms with Crippen LogP contribution in [0.25, 0.3) is 0 Å². The first-order valence-corrected chi connectivity index (χ1v) is 5.36. The van der Waals surface area contributed by atoms with Crippen LogP contribution in [-0.4, -0.2) is 36.6 Å². The van der Waals surface area contributed by atoms with Gasteiger partial charge in [0.25, 0.3) is 0 Å². The third-order valence-corrected chi connectivity index (χ3v) is 2.87. The SMILES string of the molecule is C=CCN1CCC(NCC)CC1C. The van der Waals surface area contributed by atoms with Crippen LogP contribution in [-0.2, 0) is 0 Å². The quantitative estimate of drug-likeness (QED) is 0.665. The molecule has 1 saturated heterocycles. The molecular formula is C11H22N2. The molecule has 2 nitrogen and oxygen atoms in total. The Bertz CT molecular complexity index is 156. The Morgan fingerprint density at radius 1 is 1.62 bits per heavy atom. The maximum absolute atomic E-state index is 3.79. The molecule has 1 aliphatic rings. The fourth-order valence-electron chi connectivity index (χ4n) is 2.13. The van der Waals surface area contributed by atoms with E-state index in [9.17, 15) is 0 Å². The minimum atomic E-state index is 0.704. The molecule has 0 spiro atoms. The van der Waals surface area contributed by atoms with Crippen molar-refractivity contribution < 1.29 is 0 Å². The van der Waals surface area contributed by atoms with Crippen molar-refractivity contribution in [3.8, 4) is 0 Å². The van der Waals surface area contributed by atoms with E-state index in [0.29, 0.717) is 6.04 Å². The molecule has 76 valence electrons. The molecule has 0 aromatic rings. The lowest BCUT2D eigenvalue weighted by Gasteiger charge is -2.37. The highest BCUT2D eigenvalue weighted by Crippen LogP contribution is 2.16. The Labute approximate surface area is 82.0 Å². The van der Waals surface area contributed by atoms with Crippen molar-refractivity contribution in [2.24, 2.45) is 0 Å². The molecule has 1 rings (SSSR count). The van der Waals surface area contributed by atoms with Gasteiger partial charge in [0.2, 0.25) is 0 Å². The summed E-state index contributed by atoms with van der Waals surface area (Å²) >= 11 is 0. The lowest BCUT2D eigenvalue weighted by atomic mass is 9.98. The molecule has 0 amide bonds. The predicted molar refractivity (Wildman–Crippen MR) is 57.9 cm³/mol. The van der Waals surface area contributed by atoms with Gasteiger partial charge < -0.3 is 5.32 Å². The first-order chi connectivity index (χ1) is 6.27. The molecule has 1 N–H and O–H groups in total. The molecule has 2 atom stereocenters. The Balaban J connectivity index is 2.32. The summed E-state index contributed by atoms with van der Waals surface area (Å²) in [6, 6.07) is 1.44. The van der Waals surface area contributed by atoms with Gasteiger partial charge >= 0.3 is 0 Å². The van der Waals surface area contributed by atoms with Gasteiger partial charge in [-0.2, -0.15) is 0 Å². The molecule has 2 unspecified atom stereocenters. The van der Waals surface area contributed by atoms with Gasteiger partial charge in [-0.05, 0) is 26.3 Å². The lowest BCUT2D eigenvalue weighted by Crippen LogP contribution is -2.47. The van der Waals surface area contributed by atoms with Gasteiger partial charge in [-0.15, -0.1) is 6.58 Å². The molecule has 0 radical (unpaired) electrons. The van der Waals surface area contributed by atoms with Gasteiger partial charge in [-0.25, -0.2) is 0 Å². The molecule has 13 heavy (non-hydrogen) atoms. The second-order valence-corrected chi connectivity index (χ2v) is 3.91. The van der Waals surface area contributed by atoms with Gasteiger partial charge in [0.05, 0.1) is 0 Å². The zero-order valence-electron chi connectivity index (χ0n) is 8.92. The monoisotopic (exact) mass is 182 g/mol. The van der Waals surface area contributed by atoms with E-state index in [1.54, 1.807) is 0 Å². The first kappa shape index (κ1) is 10.7. The number of rotatable bonds is 4. The van der Waals surface area contributed by atoms with Crippen LogP contribution in [0.5, 0.6) is 0 Å². The van der Waals surface area contributed by atoms with Crippen LogP contribution in [0.4, 0.5) is 0 Å². The van der Waals surface area contributed by atoms with Gasteiger partial charge in [0.15, 0.2) is 0 Å². The molecule has 0 aromatic heterocycles. The van der Waals surface area contributed by atoms with Crippen LogP contribution in [0, 0.1) is 0 Å². The summed E-state index contributed by atoms with van der Waals surface area (Å²) in [5.74, 6) is 0. The maximum Gasteiger partial charge on any atom is 0.0163 e. The van der Waals surface area contributed by atoms with Gasteiger partial charge in [-0.3, -0.25) is 4.90 Å². The van der Waals surface area contributed by atoms with E-state index in [1.807, 2.05) is 6.08 Å². The zero-order chi connectivity index (χ0) is 9.68. The summed E-state index contributed by atoms with van der Waals surface area (Å²) in [6.07, 6.45) is 4.57. The lowest BCUT2D eigenvalue weighted by molar-refractivity contribution is 0.152.